The molecule has 0 aromatic carbocycles. The summed E-state index contributed by atoms with van der Waals surface area (Å²) in [5, 5.41) is 0. The van der Waals surface area contributed by atoms with Gasteiger partial charge in [-0.3, -0.25) is 0 Å². The summed E-state index contributed by atoms with van der Waals surface area (Å²) in [5.41, 5.74) is 0. The molecule has 0 saturated heterocycles. The monoisotopic (exact) mass is 162 g/mol. The second-order valence-corrected chi connectivity index (χ2v) is 2.52. The molecule has 0 radical (unpaired) electrons. The second-order valence-electron chi connectivity index (χ2n) is 2.52. The second kappa shape index (κ2) is 6.47. The minimum atomic E-state index is 0.733. The lowest BCUT2D eigenvalue weighted by Crippen LogP contribution is -1.82. The molecule has 0 bridgehead atoms. The topological polar surface area (TPSA) is 9.23 Å². The maximum atomic E-state index is 4.80. The largest absolute Gasteiger partial charge is 0.497 e. The number of hydrogen-bond acceptors (Lipinski definition) is 1. The minimum absolute atomic E-state index is 0.733. The first-order valence-corrected chi connectivity index (χ1v) is 4.25. The molecular formula is C11H14O. The summed E-state index contributed by atoms with van der Waals surface area (Å²) in [6.07, 6.45) is 18.5. The van der Waals surface area contributed by atoms with Crippen LogP contribution in [0.25, 0.3) is 0 Å². The number of allylic oxidation sites excluding steroid dienone is 6. The molecule has 1 heteroatoms. The molecule has 1 aliphatic carbocycles. The zero-order chi connectivity index (χ0) is 8.49. The van der Waals surface area contributed by atoms with Crippen LogP contribution in [0.4, 0.5) is 0 Å². The van der Waals surface area contributed by atoms with Crippen LogP contribution in [0.15, 0.2) is 48.8 Å². The van der Waals surface area contributed by atoms with Crippen molar-refractivity contribution in [3.63, 3.8) is 0 Å². The van der Waals surface area contributed by atoms with Crippen LogP contribution >= 0.6 is 0 Å². The van der Waals surface area contributed by atoms with Crippen molar-refractivity contribution in [3.8, 4) is 0 Å². The van der Waals surface area contributed by atoms with Crippen LogP contribution in [0.1, 0.15) is 12.8 Å². The average molecular weight is 162 g/mol. The normalized spacial score (nSPS) is 18.0. The Bertz CT molecular complexity index is 161. The van der Waals surface area contributed by atoms with E-state index in [4.69, 9.17) is 4.74 Å². The third-order valence-corrected chi connectivity index (χ3v) is 1.50. The maximum absolute atomic E-state index is 4.80. The van der Waals surface area contributed by atoms with E-state index in [2.05, 4.69) is 24.3 Å². The zero-order valence-electron chi connectivity index (χ0n) is 7.15. The Morgan fingerprint density at radius 3 is 1.58 bits per heavy atom. The van der Waals surface area contributed by atoms with Crippen LogP contribution in [-0.4, -0.2) is 6.61 Å². The molecule has 1 heterocycles. The van der Waals surface area contributed by atoms with Gasteiger partial charge in [0, 0.05) is 0 Å². The van der Waals surface area contributed by atoms with E-state index in [1.807, 2.05) is 18.2 Å². The zero-order valence-corrected chi connectivity index (χ0v) is 7.15. The summed E-state index contributed by atoms with van der Waals surface area (Å²) in [5.74, 6) is 0. The number of ether oxygens (including phenoxy) is 1. The van der Waals surface area contributed by atoms with Gasteiger partial charge in [-0.2, -0.15) is 0 Å². The minimum Gasteiger partial charge on any atom is -0.497 e. The van der Waals surface area contributed by atoms with Crippen LogP contribution in [0.2, 0.25) is 0 Å². The molecular weight excluding hydrogens is 148 g/mol. The molecule has 64 valence electrons. The highest BCUT2D eigenvalue weighted by Crippen LogP contribution is 1.98. The fourth-order valence-corrected chi connectivity index (χ4v) is 0.888. The van der Waals surface area contributed by atoms with Crippen molar-refractivity contribution in [1.82, 2.24) is 0 Å². The van der Waals surface area contributed by atoms with E-state index in [1.165, 1.54) is 12.8 Å². The average Bonchev–Trinajstić information content (AvgIpc) is 2.24. The molecule has 0 fully saturated rings. The van der Waals surface area contributed by atoms with Crippen molar-refractivity contribution in [2.24, 2.45) is 0 Å². The summed E-state index contributed by atoms with van der Waals surface area (Å²) in [6, 6.07) is 0. The Labute approximate surface area is 73.7 Å². The van der Waals surface area contributed by atoms with Gasteiger partial charge in [-0.25, -0.2) is 0 Å². The molecule has 1 aliphatic heterocycles. The SMILES string of the molecule is C1=CCCC=C1.C1=CCOC=C1. The van der Waals surface area contributed by atoms with E-state index in [9.17, 15) is 0 Å². The number of hydrogen-bond donors (Lipinski definition) is 0. The Hall–Kier alpha value is -1.24. The summed E-state index contributed by atoms with van der Waals surface area (Å²) >= 11 is 0. The van der Waals surface area contributed by atoms with Gasteiger partial charge in [-0.15, -0.1) is 0 Å². The molecule has 1 nitrogen and oxygen atoms in total. The summed E-state index contributed by atoms with van der Waals surface area (Å²) in [6.45, 7) is 0.733. The Morgan fingerprint density at radius 2 is 1.42 bits per heavy atom. The molecule has 0 aromatic heterocycles. The van der Waals surface area contributed by atoms with Gasteiger partial charge in [0.2, 0.25) is 0 Å². The molecule has 0 unspecified atom stereocenters. The lowest BCUT2D eigenvalue weighted by molar-refractivity contribution is 0.286. The van der Waals surface area contributed by atoms with E-state index in [-0.39, 0.29) is 0 Å². The van der Waals surface area contributed by atoms with Crippen LogP contribution in [0.5, 0.6) is 0 Å². The molecule has 0 N–H and O–H groups in total. The maximum Gasteiger partial charge on any atom is 0.106 e. The Kier molecular flexibility index (Phi) is 4.77. The van der Waals surface area contributed by atoms with Gasteiger partial charge < -0.3 is 4.74 Å². The standard InChI is InChI=1S/C6H8.C5H6O/c2*1-2-4-6-5-3-1/h1-4H,5-6H2;1-4H,5H2. The quantitative estimate of drug-likeness (QED) is 0.532. The van der Waals surface area contributed by atoms with Gasteiger partial charge >= 0.3 is 0 Å². The van der Waals surface area contributed by atoms with Crippen LogP contribution in [0, 0.1) is 0 Å². The summed E-state index contributed by atoms with van der Waals surface area (Å²) in [4.78, 5) is 0. The molecule has 12 heavy (non-hydrogen) atoms. The summed E-state index contributed by atoms with van der Waals surface area (Å²) in [7, 11) is 0. The molecule has 0 amide bonds. The molecule has 0 spiro atoms. The predicted octanol–water partition coefficient (Wildman–Crippen LogP) is 2.98. The van der Waals surface area contributed by atoms with Crippen LogP contribution in [-0.2, 0) is 4.74 Å². The highest BCUT2D eigenvalue weighted by atomic mass is 16.5. The van der Waals surface area contributed by atoms with E-state index in [1.54, 1.807) is 6.26 Å². The molecule has 0 atom stereocenters. The van der Waals surface area contributed by atoms with Crippen molar-refractivity contribution in [3.05, 3.63) is 48.8 Å². The first-order valence-electron chi connectivity index (χ1n) is 4.25. The highest BCUT2D eigenvalue weighted by Gasteiger charge is 1.77. The van der Waals surface area contributed by atoms with Crippen LogP contribution < -0.4 is 0 Å². The molecule has 0 saturated carbocycles. The molecule has 2 rings (SSSR count). The van der Waals surface area contributed by atoms with Gasteiger partial charge in [0.05, 0.1) is 6.26 Å². The summed E-state index contributed by atoms with van der Waals surface area (Å²) < 4.78 is 4.80. The van der Waals surface area contributed by atoms with Gasteiger partial charge in [0.25, 0.3) is 0 Å². The molecule has 2 aliphatic rings. The van der Waals surface area contributed by atoms with Gasteiger partial charge in [-0.05, 0) is 25.0 Å². The smallest absolute Gasteiger partial charge is 0.106 e. The van der Waals surface area contributed by atoms with Crippen molar-refractivity contribution in [2.45, 2.75) is 12.8 Å². The van der Waals surface area contributed by atoms with Crippen molar-refractivity contribution >= 4 is 0 Å². The van der Waals surface area contributed by atoms with Gasteiger partial charge in [0.15, 0.2) is 0 Å². The Morgan fingerprint density at radius 1 is 0.750 bits per heavy atom. The fourth-order valence-electron chi connectivity index (χ4n) is 0.888. The van der Waals surface area contributed by atoms with E-state index < -0.39 is 0 Å². The Balaban J connectivity index is 0.000000120. The lowest BCUT2D eigenvalue weighted by atomic mass is 10.2. The first-order chi connectivity index (χ1) is 6.00. The van der Waals surface area contributed by atoms with E-state index >= 15 is 0 Å². The van der Waals surface area contributed by atoms with Gasteiger partial charge in [0.1, 0.15) is 6.61 Å². The van der Waals surface area contributed by atoms with Crippen molar-refractivity contribution < 1.29 is 4.74 Å². The number of rotatable bonds is 0. The van der Waals surface area contributed by atoms with Gasteiger partial charge in [-0.1, -0.05) is 30.4 Å². The molecule has 0 aromatic rings. The van der Waals surface area contributed by atoms with Crippen molar-refractivity contribution in [1.29, 1.82) is 0 Å². The van der Waals surface area contributed by atoms with Crippen molar-refractivity contribution in [2.75, 3.05) is 6.61 Å². The van der Waals surface area contributed by atoms with E-state index in [0.717, 1.165) is 6.61 Å². The fraction of sp³-hybridized carbons (Fsp3) is 0.273. The lowest BCUT2D eigenvalue weighted by Gasteiger charge is -1.94. The predicted molar refractivity (Wildman–Crippen MR) is 51.7 cm³/mol. The third kappa shape index (κ3) is 4.56. The highest BCUT2D eigenvalue weighted by molar-refractivity contribution is 5.07. The third-order valence-electron chi connectivity index (χ3n) is 1.50. The van der Waals surface area contributed by atoms with Crippen LogP contribution in [0.3, 0.4) is 0 Å². The van der Waals surface area contributed by atoms with E-state index in [0.29, 0.717) is 0 Å². The first kappa shape index (κ1) is 8.85.